The number of benzene rings is 1. The fourth-order valence-electron chi connectivity index (χ4n) is 2.99. The molecule has 1 aliphatic rings. The van der Waals surface area contributed by atoms with Crippen LogP contribution in [0, 0.1) is 0 Å². The molecule has 2 rings (SSSR count). The molecule has 1 aromatic carbocycles. The Morgan fingerprint density at radius 3 is 2.83 bits per heavy atom. The molecule has 0 radical (unpaired) electrons. The van der Waals surface area contributed by atoms with Crippen molar-refractivity contribution in [3.8, 4) is 0 Å². The SMILES string of the molecule is CNC1CCN(C(C)c2cccc(Br)c2)C(C)C1. The molecular weight excluding hydrogens is 288 g/mol. The minimum Gasteiger partial charge on any atom is -0.317 e. The molecule has 1 N–H and O–H groups in total. The van der Waals surface area contributed by atoms with Gasteiger partial charge in [-0.05, 0) is 51.4 Å². The normalized spacial score (nSPS) is 27.1. The average Bonchev–Trinajstić information content (AvgIpc) is 2.37. The van der Waals surface area contributed by atoms with Crippen molar-refractivity contribution in [3.63, 3.8) is 0 Å². The van der Waals surface area contributed by atoms with Gasteiger partial charge in [-0.25, -0.2) is 0 Å². The molecule has 0 spiro atoms. The van der Waals surface area contributed by atoms with E-state index in [0.717, 1.165) is 0 Å². The Kier molecular flexibility index (Phi) is 4.82. The first-order valence-corrected chi connectivity index (χ1v) is 7.59. The lowest BCUT2D eigenvalue weighted by Crippen LogP contribution is -2.47. The maximum absolute atomic E-state index is 3.56. The van der Waals surface area contributed by atoms with Crippen molar-refractivity contribution in [2.45, 2.75) is 44.8 Å². The first-order valence-electron chi connectivity index (χ1n) is 6.80. The summed E-state index contributed by atoms with van der Waals surface area (Å²) in [6.45, 7) is 5.84. The van der Waals surface area contributed by atoms with Crippen molar-refractivity contribution in [1.29, 1.82) is 0 Å². The number of hydrogen-bond acceptors (Lipinski definition) is 2. The van der Waals surface area contributed by atoms with Crippen molar-refractivity contribution in [1.82, 2.24) is 10.2 Å². The summed E-state index contributed by atoms with van der Waals surface area (Å²) in [6, 6.07) is 10.5. The second-order valence-corrected chi connectivity index (χ2v) is 6.24. The summed E-state index contributed by atoms with van der Waals surface area (Å²) in [5, 5.41) is 3.41. The van der Waals surface area contributed by atoms with Crippen LogP contribution in [0.4, 0.5) is 0 Å². The van der Waals surface area contributed by atoms with Crippen LogP contribution in [-0.4, -0.2) is 30.6 Å². The number of likely N-dealkylation sites (tertiary alicyclic amines) is 1. The van der Waals surface area contributed by atoms with E-state index >= 15 is 0 Å². The molecule has 1 heterocycles. The average molecular weight is 311 g/mol. The third kappa shape index (κ3) is 3.14. The van der Waals surface area contributed by atoms with Crippen molar-refractivity contribution >= 4 is 15.9 Å². The van der Waals surface area contributed by atoms with Crippen molar-refractivity contribution in [2.75, 3.05) is 13.6 Å². The number of halogens is 1. The van der Waals surface area contributed by atoms with E-state index in [1.807, 2.05) is 0 Å². The van der Waals surface area contributed by atoms with Crippen molar-refractivity contribution in [3.05, 3.63) is 34.3 Å². The maximum atomic E-state index is 3.56. The van der Waals surface area contributed by atoms with Gasteiger partial charge in [-0.3, -0.25) is 4.90 Å². The molecule has 3 heteroatoms. The van der Waals surface area contributed by atoms with Crippen LogP contribution in [0.3, 0.4) is 0 Å². The van der Waals surface area contributed by atoms with Gasteiger partial charge in [-0.15, -0.1) is 0 Å². The van der Waals surface area contributed by atoms with Gasteiger partial charge in [0, 0.05) is 29.1 Å². The van der Waals surface area contributed by atoms with E-state index in [1.54, 1.807) is 0 Å². The third-order valence-electron chi connectivity index (χ3n) is 4.16. The predicted octanol–water partition coefficient (Wildman–Crippen LogP) is 3.58. The molecule has 1 aromatic rings. The monoisotopic (exact) mass is 310 g/mol. The highest BCUT2D eigenvalue weighted by atomic mass is 79.9. The molecule has 18 heavy (non-hydrogen) atoms. The smallest absolute Gasteiger partial charge is 0.0323 e. The molecule has 0 amide bonds. The molecule has 3 atom stereocenters. The van der Waals surface area contributed by atoms with Crippen LogP contribution >= 0.6 is 15.9 Å². The Labute approximate surface area is 119 Å². The Bertz CT molecular complexity index is 394. The van der Waals surface area contributed by atoms with Crippen LogP contribution < -0.4 is 5.32 Å². The van der Waals surface area contributed by atoms with Gasteiger partial charge in [0.25, 0.3) is 0 Å². The Balaban J connectivity index is 2.07. The molecule has 1 saturated heterocycles. The molecule has 0 aromatic heterocycles. The van der Waals surface area contributed by atoms with E-state index in [2.05, 4.69) is 71.3 Å². The maximum Gasteiger partial charge on any atom is 0.0323 e. The minimum absolute atomic E-state index is 0.496. The van der Waals surface area contributed by atoms with E-state index in [9.17, 15) is 0 Å². The second-order valence-electron chi connectivity index (χ2n) is 5.33. The summed E-state index contributed by atoms with van der Waals surface area (Å²) in [6.07, 6.45) is 2.49. The summed E-state index contributed by atoms with van der Waals surface area (Å²) in [4.78, 5) is 2.62. The van der Waals surface area contributed by atoms with Crippen LogP contribution in [0.15, 0.2) is 28.7 Å². The van der Waals surface area contributed by atoms with E-state index < -0.39 is 0 Å². The predicted molar refractivity (Wildman–Crippen MR) is 80.8 cm³/mol. The number of hydrogen-bond donors (Lipinski definition) is 1. The van der Waals surface area contributed by atoms with Gasteiger partial charge in [0.15, 0.2) is 0 Å². The number of piperidine rings is 1. The second kappa shape index (κ2) is 6.18. The Morgan fingerprint density at radius 2 is 2.22 bits per heavy atom. The molecule has 2 nitrogen and oxygen atoms in total. The molecule has 1 fully saturated rings. The fraction of sp³-hybridized carbons (Fsp3) is 0.600. The zero-order valence-electron chi connectivity index (χ0n) is 11.5. The van der Waals surface area contributed by atoms with E-state index in [0.29, 0.717) is 18.1 Å². The van der Waals surface area contributed by atoms with Crippen LogP contribution in [0.25, 0.3) is 0 Å². The van der Waals surface area contributed by atoms with E-state index in [4.69, 9.17) is 0 Å². The molecule has 0 saturated carbocycles. The van der Waals surface area contributed by atoms with Gasteiger partial charge in [0.2, 0.25) is 0 Å². The zero-order chi connectivity index (χ0) is 13.1. The molecular formula is C15H23BrN2. The van der Waals surface area contributed by atoms with Gasteiger partial charge >= 0.3 is 0 Å². The van der Waals surface area contributed by atoms with Gasteiger partial charge in [0.1, 0.15) is 0 Å². The highest BCUT2D eigenvalue weighted by molar-refractivity contribution is 9.10. The van der Waals surface area contributed by atoms with Crippen LogP contribution in [0.2, 0.25) is 0 Å². The van der Waals surface area contributed by atoms with E-state index in [1.165, 1.54) is 29.4 Å². The summed E-state index contributed by atoms with van der Waals surface area (Å²) >= 11 is 3.56. The van der Waals surface area contributed by atoms with Gasteiger partial charge in [-0.1, -0.05) is 28.1 Å². The highest BCUT2D eigenvalue weighted by Crippen LogP contribution is 2.29. The number of nitrogens with one attached hydrogen (secondary N) is 1. The Hall–Kier alpha value is -0.380. The fourth-order valence-corrected chi connectivity index (χ4v) is 3.40. The molecule has 100 valence electrons. The van der Waals surface area contributed by atoms with Gasteiger partial charge in [0.05, 0.1) is 0 Å². The van der Waals surface area contributed by atoms with Crippen LogP contribution in [0.1, 0.15) is 38.3 Å². The lowest BCUT2D eigenvalue weighted by molar-refractivity contribution is 0.0974. The quantitative estimate of drug-likeness (QED) is 0.918. The molecule has 0 bridgehead atoms. The first-order chi connectivity index (χ1) is 8.61. The van der Waals surface area contributed by atoms with Crippen LogP contribution in [0.5, 0.6) is 0 Å². The summed E-state index contributed by atoms with van der Waals surface area (Å²) in [5.74, 6) is 0. The topological polar surface area (TPSA) is 15.3 Å². The summed E-state index contributed by atoms with van der Waals surface area (Å²) in [5.41, 5.74) is 1.40. The number of nitrogens with zero attached hydrogens (tertiary/aromatic N) is 1. The summed E-state index contributed by atoms with van der Waals surface area (Å²) in [7, 11) is 2.07. The third-order valence-corrected chi connectivity index (χ3v) is 4.66. The lowest BCUT2D eigenvalue weighted by Gasteiger charge is -2.41. The highest BCUT2D eigenvalue weighted by Gasteiger charge is 2.28. The van der Waals surface area contributed by atoms with Gasteiger partial charge < -0.3 is 5.32 Å². The molecule has 0 aliphatic carbocycles. The van der Waals surface area contributed by atoms with E-state index in [-0.39, 0.29) is 0 Å². The molecule has 3 unspecified atom stereocenters. The lowest BCUT2D eigenvalue weighted by atomic mass is 9.95. The minimum atomic E-state index is 0.496. The number of rotatable bonds is 3. The zero-order valence-corrected chi connectivity index (χ0v) is 13.1. The standard InChI is InChI=1S/C15H23BrN2/c1-11-9-15(17-3)7-8-18(11)12(2)13-5-4-6-14(16)10-13/h4-6,10-12,15,17H,7-9H2,1-3H3. The van der Waals surface area contributed by atoms with Crippen molar-refractivity contribution < 1.29 is 0 Å². The van der Waals surface area contributed by atoms with Gasteiger partial charge in [-0.2, -0.15) is 0 Å². The summed E-state index contributed by atoms with van der Waals surface area (Å²) < 4.78 is 1.17. The van der Waals surface area contributed by atoms with Crippen molar-refractivity contribution in [2.24, 2.45) is 0 Å². The Morgan fingerprint density at radius 1 is 1.44 bits per heavy atom. The largest absolute Gasteiger partial charge is 0.317 e. The first kappa shape index (κ1) is 14.0. The van der Waals surface area contributed by atoms with Crippen LogP contribution in [-0.2, 0) is 0 Å². The molecule has 1 aliphatic heterocycles.